The molecular weight excluding hydrogens is 302 g/mol. The topological polar surface area (TPSA) is 67.1 Å². The number of anilines is 1. The highest BCUT2D eigenvalue weighted by molar-refractivity contribution is 5.87. The molecule has 1 aromatic carbocycles. The molecule has 1 saturated heterocycles. The third-order valence-corrected chi connectivity index (χ3v) is 4.70. The van der Waals surface area contributed by atoms with Gasteiger partial charge in [-0.05, 0) is 43.4 Å². The molecule has 124 valence electrons. The number of phenolic OH excluding ortho intramolecular Hbond substituents is 1. The van der Waals surface area contributed by atoms with Crippen LogP contribution < -0.4 is 4.90 Å². The Morgan fingerprint density at radius 2 is 2.17 bits per heavy atom. The van der Waals surface area contributed by atoms with Crippen molar-refractivity contribution >= 4 is 16.9 Å². The number of phenols is 1. The number of fused-ring (bicyclic) bond motifs is 1. The summed E-state index contributed by atoms with van der Waals surface area (Å²) in [4.78, 5) is 11.5. The predicted octanol–water partition coefficient (Wildman–Crippen LogP) is 2.45. The van der Waals surface area contributed by atoms with Crippen LogP contribution in [0.5, 0.6) is 5.75 Å². The molecule has 1 atom stereocenters. The maximum Gasteiger partial charge on any atom is 0.163 e. The van der Waals surface area contributed by atoms with Crippen molar-refractivity contribution in [3.05, 3.63) is 41.9 Å². The molecular formula is C18H21N5O. The van der Waals surface area contributed by atoms with E-state index < -0.39 is 0 Å². The maximum atomic E-state index is 9.63. The minimum Gasteiger partial charge on any atom is -0.508 e. The Morgan fingerprint density at radius 3 is 3.00 bits per heavy atom. The zero-order chi connectivity index (χ0) is 16.7. The summed E-state index contributed by atoms with van der Waals surface area (Å²) in [6, 6.07) is 7.56. The summed E-state index contributed by atoms with van der Waals surface area (Å²) in [7, 11) is 1.91. The van der Waals surface area contributed by atoms with Crippen LogP contribution >= 0.6 is 0 Å². The monoisotopic (exact) mass is 323 g/mol. The minimum absolute atomic E-state index is 0.339. The van der Waals surface area contributed by atoms with Crippen LogP contribution in [0.2, 0.25) is 0 Å². The van der Waals surface area contributed by atoms with Crippen LogP contribution in [0.15, 0.2) is 30.5 Å². The number of aryl methyl sites for hydroxylation is 2. The summed E-state index contributed by atoms with van der Waals surface area (Å²) in [6.07, 6.45) is 3.96. The van der Waals surface area contributed by atoms with Crippen LogP contribution in [-0.4, -0.2) is 37.9 Å². The van der Waals surface area contributed by atoms with Gasteiger partial charge in [0.05, 0.1) is 11.6 Å². The minimum atomic E-state index is 0.339. The Bertz CT molecular complexity index is 888. The van der Waals surface area contributed by atoms with Gasteiger partial charge < -0.3 is 10.0 Å². The molecule has 24 heavy (non-hydrogen) atoms. The fourth-order valence-electron chi connectivity index (χ4n) is 3.56. The van der Waals surface area contributed by atoms with Crippen LogP contribution in [0.3, 0.4) is 0 Å². The van der Waals surface area contributed by atoms with Gasteiger partial charge in [0, 0.05) is 20.1 Å². The lowest BCUT2D eigenvalue weighted by Gasteiger charge is -2.18. The van der Waals surface area contributed by atoms with Gasteiger partial charge in [0.1, 0.15) is 17.4 Å². The second kappa shape index (κ2) is 5.78. The summed E-state index contributed by atoms with van der Waals surface area (Å²) < 4.78 is 1.80. The van der Waals surface area contributed by atoms with Gasteiger partial charge in [0.25, 0.3) is 0 Å². The largest absolute Gasteiger partial charge is 0.508 e. The van der Waals surface area contributed by atoms with Crippen molar-refractivity contribution in [3.63, 3.8) is 0 Å². The number of aromatic hydroxyl groups is 1. The third-order valence-electron chi connectivity index (χ3n) is 4.70. The lowest BCUT2D eigenvalue weighted by Crippen LogP contribution is -2.22. The zero-order valence-electron chi connectivity index (χ0n) is 14.0. The molecule has 0 spiro atoms. The smallest absolute Gasteiger partial charge is 0.163 e. The quantitative estimate of drug-likeness (QED) is 0.802. The Hall–Kier alpha value is -2.63. The van der Waals surface area contributed by atoms with E-state index in [1.807, 2.05) is 32.3 Å². The van der Waals surface area contributed by atoms with Crippen molar-refractivity contribution < 1.29 is 5.11 Å². The van der Waals surface area contributed by atoms with Crippen LogP contribution in [0.1, 0.15) is 17.8 Å². The van der Waals surface area contributed by atoms with E-state index in [-0.39, 0.29) is 0 Å². The van der Waals surface area contributed by atoms with Crippen molar-refractivity contribution in [2.45, 2.75) is 19.8 Å². The first-order valence-corrected chi connectivity index (χ1v) is 8.29. The van der Waals surface area contributed by atoms with Gasteiger partial charge in [0.15, 0.2) is 5.65 Å². The highest BCUT2D eigenvalue weighted by atomic mass is 16.3. The first-order valence-electron chi connectivity index (χ1n) is 8.29. The fourth-order valence-corrected chi connectivity index (χ4v) is 3.56. The highest BCUT2D eigenvalue weighted by Gasteiger charge is 2.26. The number of rotatable bonds is 3. The molecule has 0 amide bonds. The molecule has 2 aromatic heterocycles. The van der Waals surface area contributed by atoms with E-state index in [2.05, 4.69) is 26.0 Å². The zero-order valence-corrected chi connectivity index (χ0v) is 14.0. The van der Waals surface area contributed by atoms with Crippen molar-refractivity contribution in [1.29, 1.82) is 0 Å². The van der Waals surface area contributed by atoms with E-state index in [4.69, 9.17) is 0 Å². The molecule has 1 unspecified atom stereocenters. The van der Waals surface area contributed by atoms with Gasteiger partial charge in [0.2, 0.25) is 0 Å². The fraction of sp³-hybridized carbons (Fsp3) is 0.389. The molecule has 0 bridgehead atoms. The Balaban J connectivity index is 1.57. The molecule has 1 aliphatic heterocycles. The molecule has 3 heterocycles. The van der Waals surface area contributed by atoms with Crippen molar-refractivity contribution in [3.8, 4) is 5.75 Å². The molecule has 1 N–H and O–H groups in total. The second-order valence-electron chi connectivity index (χ2n) is 6.57. The molecule has 4 rings (SSSR count). The molecule has 0 radical (unpaired) electrons. The lowest BCUT2D eigenvalue weighted by molar-refractivity contribution is 0.473. The van der Waals surface area contributed by atoms with Crippen molar-refractivity contribution in [2.24, 2.45) is 13.0 Å². The summed E-state index contributed by atoms with van der Waals surface area (Å²) in [5.74, 6) is 2.67. The number of aromatic nitrogens is 4. The van der Waals surface area contributed by atoms with Crippen molar-refractivity contribution in [2.75, 3.05) is 18.0 Å². The van der Waals surface area contributed by atoms with Crippen LogP contribution in [-0.2, 0) is 13.5 Å². The number of hydrogen-bond acceptors (Lipinski definition) is 5. The standard InChI is InChI=1S/C18H21N5O/c1-12-20-17-16(10-19-22(17)2)18(21-12)23-7-6-14(11-23)8-13-4-3-5-15(24)9-13/h3-5,9-10,14,24H,6-8,11H2,1-2H3. The molecule has 0 aliphatic carbocycles. The molecule has 6 heteroatoms. The van der Waals surface area contributed by atoms with E-state index >= 15 is 0 Å². The first-order chi connectivity index (χ1) is 11.6. The summed E-state index contributed by atoms with van der Waals surface area (Å²) in [5, 5.41) is 15.0. The predicted molar refractivity (Wildman–Crippen MR) is 93.2 cm³/mol. The van der Waals surface area contributed by atoms with E-state index in [9.17, 15) is 5.11 Å². The van der Waals surface area contributed by atoms with Gasteiger partial charge in [-0.2, -0.15) is 5.10 Å². The Labute approximate surface area is 140 Å². The number of hydrogen-bond donors (Lipinski definition) is 1. The Kier molecular flexibility index (Phi) is 3.59. The van der Waals surface area contributed by atoms with Gasteiger partial charge in [-0.1, -0.05) is 12.1 Å². The van der Waals surface area contributed by atoms with Gasteiger partial charge in [-0.3, -0.25) is 4.68 Å². The molecule has 3 aromatic rings. The average Bonchev–Trinajstić information content (AvgIpc) is 3.14. The van der Waals surface area contributed by atoms with Crippen LogP contribution in [0.25, 0.3) is 11.0 Å². The van der Waals surface area contributed by atoms with E-state index in [0.717, 1.165) is 48.6 Å². The van der Waals surface area contributed by atoms with Crippen LogP contribution in [0.4, 0.5) is 5.82 Å². The molecule has 1 aliphatic rings. The maximum absolute atomic E-state index is 9.63. The number of benzene rings is 1. The van der Waals surface area contributed by atoms with E-state index in [1.165, 1.54) is 5.56 Å². The second-order valence-corrected chi connectivity index (χ2v) is 6.57. The molecule has 1 fully saturated rings. The van der Waals surface area contributed by atoms with Gasteiger partial charge in [-0.25, -0.2) is 9.97 Å². The highest BCUT2D eigenvalue weighted by Crippen LogP contribution is 2.30. The molecule has 0 saturated carbocycles. The van der Waals surface area contributed by atoms with Gasteiger partial charge >= 0.3 is 0 Å². The average molecular weight is 323 g/mol. The third kappa shape index (κ3) is 2.68. The van der Waals surface area contributed by atoms with E-state index in [0.29, 0.717) is 11.7 Å². The number of nitrogens with zero attached hydrogens (tertiary/aromatic N) is 5. The SMILES string of the molecule is Cc1nc(N2CCC(Cc3cccc(O)c3)C2)c2cnn(C)c2n1. The molecule has 6 nitrogen and oxygen atoms in total. The van der Waals surface area contributed by atoms with Crippen molar-refractivity contribution in [1.82, 2.24) is 19.7 Å². The summed E-state index contributed by atoms with van der Waals surface area (Å²) in [6.45, 7) is 3.89. The normalized spacial score (nSPS) is 17.8. The first kappa shape index (κ1) is 14.9. The van der Waals surface area contributed by atoms with Gasteiger partial charge in [-0.15, -0.1) is 0 Å². The summed E-state index contributed by atoms with van der Waals surface area (Å²) >= 11 is 0. The lowest BCUT2D eigenvalue weighted by atomic mass is 9.98. The summed E-state index contributed by atoms with van der Waals surface area (Å²) in [5.41, 5.74) is 2.07. The Morgan fingerprint density at radius 1 is 1.29 bits per heavy atom. The van der Waals surface area contributed by atoms with E-state index in [1.54, 1.807) is 10.7 Å². The van der Waals surface area contributed by atoms with Crippen LogP contribution in [0, 0.1) is 12.8 Å².